The van der Waals surface area contributed by atoms with Crippen molar-refractivity contribution in [2.24, 2.45) is 0 Å². The van der Waals surface area contributed by atoms with E-state index in [0.717, 1.165) is 5.76 Å². The lowest BCUT2D eigenvalue weighted by atomic mass is 10.3. The largest absolute Gasteiger partial charge is 0.462 e. The smallest absolute Gasteiger partial charge is 0.409 e. The van der Waals surface area contributed by atoms with Crippen LogP contribution >= 0.6 is 0 Å². The number of nitrogens with zero attached hydrogens (tertiary/aromatic N) is 2. The first-order chi connectivity index (χ1) is 10.1. The van der Waals surface area contributed by atoms with Gasteiger partial charge in [0.15, 0.2) is 0 Å². The van der Waals surface area contributed by atoms with Crippen LogP contribution < -0.4 is 0 Å². The number of rotatable bonds is 3. The van der Waals surface area contributed by atoms with Gasteiger partial charge in [-0.15, -0.1) is 0 Å². The molecule has 1 aromatic heterocycles. The number of piperazine rings is 1. The Hall–Kier alpha value is -2.24. The van der Waals surface area contributed by atoms with Crippen LogP contribution in [0.15, 0.2) is 22.6 Å². The highest BCUT2D eigenvalue weighted by atomic mass is 16.6. The lowest BCUT2D eigenvalue weighted by Gasteiger charge is -2.33. The molecule has 6 heteroatoms. The fraction of sp³-hybridized carbons (Fsp3) is 0.467. The summed E-state index contributed by atoms with van der Waals surface area (Å²) in [4.78, 5) is 26.9. The topological polar surface area (TPSA) is 63.0 Å². The minimum Gasteiger partial charge on any atom is -0.462 e. The minimum atomic E-state index is -0.314. The predicted octanol–water partition coefficient (Wildman–Crippen LogP) is 1.90. The third-order valence-corrected chi connectivity index (χ3v) is 3.27. The molecule has 0 aromatic carbocycles. The Morgan fingerprint density at radius 1 is 1.24 bits per heavy atom. The third-order valence-electron chi connectivity index (χ3n) is 3.27. The van der Waals surface area contributed by atoms with Crippen molar-refractivity contribution in [1.82, 2.24) is 9.80 Å². The second-order valence-electron chi connectivity index (χ2n) is 4.79. The molecule has 0 atom stereocenters. The van der Waals surface area contributed by atoms with Gasteiger partial charge in [-0.3, -0.25) is 4.79 Å². The molecular weight excluding hydrogens is 272 g/mol. The third kappa shape index (κ3) is 4.11. The van der Waals surface area contributed by atoms with Crippen LogP contribution in [0.5, 0.6) is 0 Å². The van der Waals surface area contributed by atoms with Gasteiger partial charge >= 0.3 is 6.09 Å². The monoisotopic (exact) mass is 292 g/mol. The molecule has 1 aromatic rings. The lowest BCUT2D eigenvalue weighted by molar-refractivity contribution is -0.127. The number of ether oxygens (including phenoxy) is 1. The first-order valence-electron chi connectivity index (χ1n) is 7.05. The number of aryl methyl sites for hydroxylation is 1. The van der Waals surface area contributed by atoms with E-state index in [0.29, 0.717) is 38.5 Å². The predicted molar refractivity (Wildman–Crippen MR) is 77.7 cm³/mol. The quantitative estimate of drug-likeness (QED) is 0.798. The molecule has 2 amide bonds. The maximum Gasteiger partial charge on any atom is 0.409 e. The van der Waals surface area contributed by atoms with E-state index in [9.17, 15) is 9.59 Å². The highest BCUT2D eigenvalue weighted by Gasteiger charge is 2.23. The van der Waals surface area contributed by atoms with E-state index in [2.05, 4.69) is 0 Å². The zero-order valence-electron chi connectivity index (χ0n) is 12.4. The van der Waals surface area contributed by atoms with Gasteiger partial charge in [0.1, 0.15) is 11.5 Å². The van der Waals surface area contributed by atoms with Crippen molar-refractivity contribution in [2.75, 3.05) is 32.8 Å². The Bertz CT molecular complexity index is 528. The van der Waals surface area contributed by atoms with Crippen LogP contribution in [-0.4, -0.2) is 54.6 Å². The number of hydrogen-bond acceptors (Lipinski definition) is 4. The van der Waals surface area contributed by atoms with E-state index < -0.39 is 0 Å². The van der Waals surface area contributed by atoms with Crippen LogP contribution in [0.25, 0.3) is 6.08 Å². The molecule has 1 fully saturated rings. The molecule has 1 aliphatic rings. The van der Waals surface area contributed by atoms with Crippen LogP contribution in [0.4, 0.5) is 4.79 Å². The Balaban J connectivity index is 1.83. The summed E-state index contributed by atoms with van der Waals surface area (Å²) >= 11 is 0. The Morgan fingerprint density at radius 3 is 2.48 bits per heavy atom. The van der Waals surface area contributed by atoms with Gasteiger partial charge in [0.25, 0.3) is 0 Å². The summed E-state index contributed by atoms with van der Waals surface area (Å²) in [5.74, 6) is 1.39. The van der Waals surface area contributed by atoms with Crippen LogP contribution in [0.1, 0.15) is 18.4 Å². The highest BCUT2D eigenvalue weighted by molar-refractivity contribution is 5.91. The zero-order chi connectivity index (χ0) is 15.2. The molecular formula is C15H20N2O4. The Labute approximate surface area is 124 Å². The highest BCUT2D eigenvalue weighted by Crippen LogP contribution is 2.09. The summed E-state index contributed by atoms with van der Waals surface area (Å²) in [6.07, 6.45) is 2.84. The summed E-state index contributed by atoms with van der Waals surface area (Å²) in [6, 6.07) is 3.67. The molecule has 0 N–H and O–H groups in total. The molecule has 0 radical (unpaired) electrons. The summed E-state index contributed by atoms with van der Waals surface area (Å²) in [5.41, 5.74) is 0. The average Bonchev–Trinajstić information content (AvgIpc) is 2.91. The van der Waals surface area contributed by atoms with Crippen molar-refractivity contribution in [3.8, 4) is 0 Å². The summed E-state index contributed by atoms with van der Waals surface area (Å²) in [5, 5.41) is 0. The van der Waals surface area contributed by atoms with Crippen LogP contribution in [-0.2, 0) is 9.53 Å². The van der Waals surface area contributed by atoms with Gasteiger partial charge in [0.2, 0.25) is 5.91 Å². The van der Waals surface area contributed by atoms with E-state index in [1.165, 1.54) is 6.08 Å². The van der Waals surface area contributed by atoms with Gasteiger partial charge in [0, 0.05) is 32.3 Å². The van der Waals surface area contributed by atoms with Gasteiger partial charge in [-0.1, -0.05) is 0 Å². The normalized spacial score (nSPS) is 15.5. The number of amides is 2. The van der Waals surface area contributed by atoms with E-state index in [4.69, 9.17) is 9.15 Å². The van der Waals surface area contributed by atoms with Gasteiger partial charge in [0.05, 0.1) is 6.61 Å². The SMILES string of the molecule is CCOC(=O)N1CCN(C(=O)C=Cc2ccc(C)o2)CC1. The molecule has 0 saturated carbocycles. The maximum absolute atomic E-state index is 12.0. The standard InChI is InChI=1S/C15H20N2O4/c1-3-20-15(19)17-10-8-16(9-11-17)14(18)7-6-13-5-4-12(2)21-13/h4-7H,3,8-11H2,1-2H3. The molecule has 2 heterocycles. The van der Waals surface area contributed by atoms with Gasteiger partial charge < -0.3 is 19.0 Å². The van der Waals surface area contributed by atoms with Gasteiger partial charge in [-0.05, 0) is 32.1 Å². The number of carbonyl (C=O) groups is 2. The average molecular weight is 292 g/mol. The van der Waals surface area contributed by atoms with Crippen molar-refractivity contribution >= 4 is 18.1 Å². The summed E-state index contributed by atoms with van der Waals surface area (Å²) in [6.45, 7) is 6.02. The molecule has 0 aliphatic carbocycles. The number of hydrogen-bond donors (Lipinski definition) is 0. The summed E-state index contributed by atoms with van der Waals surface area (Å²) < 4.78 is 10.3. The molecule has 0 bridgehead atoms. The van der Waals surface area contributed by atoms with Crippen molar-refractivity contribution in [2.45, 2.75) is 13.8 Å². The van der Waals surface area contributed by atoms with E-state index >= 15 is 0 Å². The molecule has 0 unspecified atom stereocenters. The van der Waals surface area contributed by atoms with Gasteiger partial charge in [-0.2, -0.15) is 0 Å². The first kappa shape index (κ1) is 15.2. The molecule has 1 aliphatic heterocycles. The minimum absolute atomic E-state index is 0.0763. The van der Waals surface area contributed by atoms with E-state index in [1.807, 2.05) is 19.1 Å². The van der Waals surface area contributed by atoms with Crippen molar-refractivity contribution in [3.05, 3.63) is 29.7 Å². The first-order valence-corrected chi connectivity index (χ1v) is 7.05. The molecule has 21 heavy (non-hydrogen) atoms. The fourth-order valence-electron chi connectivity index (χ4n) is 2.13. The van der Waals surface area contributed by atoms with E-state index in [1.54, 1.807) is 22.8 Å². The molecule has 1 saturated heterocycles. The Kier molecular flexibility index (Phi) is 5.03. The van der Waals surface area contributed by atoms with Crippen molar-refractivity contribution in [1.29, 1.82) is 0 Å². The number of furan rings is 1. The Morgan fingerprint density at radius 2 is 1.90 bits per heavy atom. The molecule has 2 rings (SSSR count). The second-order valence-corrected chi connectivity index (χ2v) is 4.79. The van der Waals surface area contributed by atoms with Crippen LogP contribution in [0.2, 0.25) is 0 Å². The maximum atomic E-state index is 12.0. The number of carbonyl (C=O) groups excluding carboxylic acids is 2. The van der Waals surface area contributed by atoms with Crippen molar-refractivity contribution in [3.63, 3.8) is 0 Å². The molecule has 0 spiro atoms. The van der Waals surface area contributed by atoms with E-state index in [-0.39, 0.29) is 12.0 Å². The molecule has 114 valence electrons. The van der Waals surface area contributed by atoms with Crippen molar-refractivity contribution < 1.29 is 18.7 Å². The van der Waals surface area contributed by atoms with Gasteiger partial charge in [-0.25, -0.2) is 4.79 Å². The molecule has 6 nitrogen and oxygen atoms in total. The lowest BCUT2D eigenvalue weighted by Crippen LogP contribution is -2.50. The second kappa shape index (κ2) is 6.97. The van der Waals surface area contributed by atoms with Crippen LogP contribution in [0.3, 0.4) is 0 Å². The summed E-state index contributed by atoms with van der Waals surface area (Å²) in [7, 11) is 0. The zero-order valence-corrected chi connectivity index (χ0v) is 12.4. The van der Waals surface area contributed by atoms with Crippen LogP contribution in [0, 0.1) is 6.92 Å². The fourth-order valence-corrected chi connectivity index (χ4v) is 2.13.